The Labute approximate surface area is 91.4 Å². The Kier molecular flexibility index (Phi) is 5.99. The average Bonchev–Trinajstić information content (AvgIpc) is 2.20. The summed E-state index contributed by atoms with van der Waals surface area (Å²) in [7, 11) is 0. The van der Waals surface area contributed by atoms with Crippen molar-refractivity contribution in [2.75, 3.05) is 37.7 Å². The van der Waals surface area contributed by atoms with E-state index in [1.165, 1.54) is 11.5 Å². The molecule has 14 heavy (non-hydrogen) atoms. The maximum atomic E-state index is 3.77. The lowest BCUT2D eigenvalue weighted by Gasteiger charge is -2.28. The fourth-order valence-electron chi connectivity index (χ4n) is 1.64. The van der Waals surface area contributed by atoms with E-state index in [4.69, 9.17) is 0 Å². The third-order valence-electron chi connectivity index (χ3n) is 2.25. The normalized spacial score (nSPS) is 22.2. The summed E-state index contributed by atoms with van der Waals surface area (Å²) in [4.78, 5) is 2.36. The fraction of sp³-hybridized carbons (Fsp3) is 0.636. The van der Waals surface area contributed by atoms with Crippen LogP contribution in [-0.2, 0) is 0 Å². The Bertz CT molecular complexity index is 166. The highest BCUT2D eigenvalue weighted by atomic mass is 32.2. The number of thioether (sulfide) groups is 1. The number of nitrogens with one attached hydrogen (secondary N) is 1. The van der Waals surface area contributed by atoms with Gasteiger partial charge in [0.1, 0.15) is 0 Å². The van der Waals surface area contributed by atoms with Crippen molar-refractivity contribution in [1.82, 2.24) is 10.2 Å². The molecule has 1 N–H and O–H groups in total. The molecule has 1 saturated heterocycles. The minimum atomic E-state index is 0.633. The minimum absolute atomic E-state index is 0.633. The first-order valence-electron chi connectivity index (χ1n) is 5.12. The van der Waals surface area contributed by atoms with Crippen LogP contribution < -0.4 is 5.32 Å². The van der Waals surface area contributed by atoms with Crippen LogP contribution in [0.5, 0.6) is 0 Å². The molecule has 0 amide bonds. The summed E-state index contributed by atoms with van der Waals surface area (Å²) in [6, 6.07) is 0.633. The number of nitrogens with zero attached hydrogens (tertiary/aromatic N) is 1. The molecule has 0 aromatic carbocycles. The van der Waals surface area contributed by atoms with Crippen LogP contribution in [0.2, 0.25) is 0 Å². The van der Waals surface area contributed by atoms with Crippen molar-refractivity contribution in [3.8, 4) is 0 Å². The van der Waals surface area contributed by atoms with E-state index in [-0.39, 0.29) is 0 Å². The van der Waals surface area contributed by atoms with Crippen LogP contribution in [0.1, 0.15) is 0 Å². The predicted molar refractivity (Wildman–Crippen MR) is 65.9 cm³/mol. The largest absolute Gasteiger partial charge is 0.311 e. The molecule has 0 saturated carbocycles. The zero-order chi connectivity index (χ0) is 10.2. The van der Waals surface area contributed by atoms with Crippen LogP contribution in [-0.4, -0.2) is 48.6 Å². The fourth-order valence-corrected chi connectivity index (χ4v) is 2.57. The lowest BCUT2D eigenvalue weighted by atomic mass is 10.3. The average molecular weight is 212 g/mol. The van der Waals surface area contributed by atoms with E-state index < -0.39 is 0 Å². The van der Waals surface area contributed by atoms with Crippen molar-refractivity contribution in [1.29, 1.82) is 0 Å². The lowest BCUT2D eigenvalue weighted by Crippen LogP contribution is -2.46. The maximum absolute atomic E-state index is 3.77. The quantitative estimate of drug-likeness (QED) is 0.669. The summed E-state index contributed by atoms with van der Waals surface area (Å²) in [6.07, 6.45) is 3.92. The summed E-state index contributed by atoms with van der Waals surface area (Å²) >= 11 is 2.04. The second-order valence-electron chi connectivity index (χ2n) is 3.52. The molecule has 0 aromatic rings. The second kappa shape index (κ2) is 7.10. The molecule has 1 heterocycles. The van der Waals surface area contributed by atoms with Gasteiger partial charge in [-0.15, -0.1) is 13.2 Å². The Morgan fingerprint density at radius 2 is 2.07 bits per heavy atom. The van der Waals surface area contributed by atoms with Crippen molar-refractivity contribution in [3.05, 3.63) is 25.3 Å². The standard InChI is InChI=1S/C11H20N2S/c1-3-6-13(7-4-2)9-11-10-14-8-5-12-11/h3-4,11-12H,1-2,5-10H2. The van der Waals surface area contributed by atoms with Gasteiger partial charge in [0.15, 0.2) is 0 Å². The van der Waals surface area contributed by atoms with E-state index >= 15 is 0 Å². The molecular formula is C11H20N2S. The van der Waals surface area contributed by atoms with Gasteiger partial charge in [0.05, 0.1) is 0 Å². The number of hydrogen-bond acceptors (Lipinski definition) is 3. The van der Waals surface area contributed by atoms with Crippen molar-refractivity contribution in [3.63, 3.8) is 0 Å². The van der Waals surface area contributed by atoms with Gasteiger partial charge in [-0.25, -0.2) is 0 Å². The van der Waals surface area contributed by atoms with Crippen LogP contribution in [0.25, 0.3) is 0 Å². The topological polar surface area (TPSA) is 15.3 Å². The molecule has 0 aromatic heterocycles. The Hall–Kier alpha value is -0.250. The van der Waals surface area contributed by atoms with Gasteiger partial charge in [-0.2, -0.15) is 11.8 Å². The zero-order valence-electron chi connectivity index (χ0n) is 8.74. The lowest BCUT2D eigenvalue weighted by molar-refractivity contribution is 0.298. The summed E-state index contributed by atoms with van der Waals surface area (Å²) < 4.78 is 0. The van der Waals surface area contributed by atoms with E-state index in [2.05, 4.69) is 23.4 Å². The SMILES string of the molecule is C=CCN(CC=C)CC1CSCCN1. The predicted octanol–water partition coefficient (Wildman–Crippen LogP) is 1.37. The maximum Gasteiger partial charge on any atom is 0.0286 e. The Morgan fingerprint density at radius 3 is 2.57 bits per heavy atom. The van der Waals surface area contributed by atoms with Gasteiger partial charge >= 0.3 is 0 Å². The van der Waals surface area contributed by atoms with Crippen LogP contribution in [0.4, 0.5) is 0 Å². The van der Waals surface area contributed by atoms with Crippen LogP contribution >= 0.6 is 11.8 Å². The number of hydrogen-bond donors (Lipinski definition) is 1. The zero-order valence-corrected chi connectivity index (χ0v) is 9.56. The van der Waals surface area contributed by atoms with Crippen LogP contribution in [0.3, 0.4) is 0 Å². The molecule has 0 aliphatic carbocycles. The molecule has 2 nitrogen and oxygen atoms in total. The molecule has 80 valence electrons. The van der Waals surface area contributed by atoms with E-state index in [0.29, 0.717) is 6.04 Å². The van der Waals surface area contributed by atoms with Crippen LogP contribution in [0, 0.1) is 0 Å². The smallest absolute Gasteiger partial charge is 0.0286 e. The molecule has 1 aliphatic rings. The molecule has 1 rings (SSSR count). The Morgan fingerprint density at radius 1 is 1.36 bits per heavy atom. The van der Waals surface area contributed by atoms with E-state index in [1.54, 1.807) is 0 Å². The van der Waals surface area contributed by atoms with Crippen molar-refractivity contribution in [2.24, 2.45) is 0 Å². The minimum Gasteiger partial charge on any atom is -0.311 e. The van der Waals surface area contributed by atoms with Gasteiger partial charge in [0, 0.05) is 43.7 Å². The first-order chi connectivity index (χ1) is 6.86. The molecule has 0 radical (unpaired) electrons. The monoisotopic (exact) mass is 212 g/mol. The first kappa shape index (κ1) is 11.8. The van der Waals surface area contributed by atoms with Gasteiger partial charge in [0.25, 0.3) is 0 Å². The summed E-state index contributed by atoms with van der Waals surface area (Å²) in [5.41, 5.74) is 0. The van der Waals surface area contributed by atoms with E-state index in [0.717, 1.165) is 26.2 Å². The van der Waals surface area contributed by atoms with Gasteiger partial charge in [-0.3, -0.25) is 4.90 Å². The molecule has 1 aliphatic heterocycles. The summed E-state index contributed by atoms with van der Waals surface area (Å²) in [6.45, 7) is 11.7. The van der Waals surface area contributed by atoms with Crippen molar-refractivity contribution in [2.45, 2.75) is 6.04 Å². The first-order valence-corrected chi connectivity index (χ1v) is 6.27. The molecule has 0 spiro atoms. The Balaban J connectivity index is 2.28. The second-order valence-corrected chi connectivity index (χ2v) is 4.67. The van der Waals surface area contributed by atoms with Gasteiger partial charge < -0.3 is 5.32 Å². The molecular weight excluding hydrogens is 192 g/mol. The van der Waals surface area contributed by atoms with Crippen LogP contribution in [0.15, 0.2) is 25.3 Å². The highest BCUT2D eigenvalue weighted by Crippen LogP contribution is 2.08. The molecule has 1 unspecified atom stereocenters. The van der Waals surface area contributed by atoms with Gasteiger partial charge in [0.2, 0.25) is 0 Å². The molecule has 0 bridgehead atoms. The molecule has 1 fully saturated rings. The highest BCUT2D eigenvalue weighted by molar-refractivity contribution is 7.99. The van der Waals surface area contributed by atoms with Crippen molar-refractivity contribution < 1.29 is 0 Å². The molecule has 3 heteroatoms. The molecule has 1 atom stereocenters. The third kappa shape index (κ3) is 4.31. The summed E-state index contributed by atoms with van der Waals surface area (Å²) in [5, 5.41) is 3.54. The van der Waals surface area contributed by atoms with E-state index in [1.807, 2.05) is 23.9 Å². The highest BCUT2D eigenvalue weighted by Gasteiger charge is 2.15. The summed E-state index contributed by atoms with van der Waals surface area (Å²) in [5.74, 6) is 2.48. The van der Waals surface area contributed by atoms with Crippen molar-refractivity contribution >= 4 is 11.8 Å². The van der Waals surface area contributed by atoms with E-state index in [9.17, 15) is 0 Å². The third-order valence-corrected chi connectivity index (χ3v) is 3.38. The van der Waals surface area contributed by atoms with Gasteiger partial charge in [-0.05, 0) is 0 Å². The number of rotatable bonds is 6. The van der Waals surface area contributed by atoms with Gasteiger partial charge in [-0.1, -0.05) is 12.2 Å².